The van der Waals surface area contributed by atoms with Crippen LogP contribution in [0.25, 0.3) is 16.3 Å². The second-order valence-corrected chi connectivity index (χ2v) is 6.56. The molecule has 0 aromatic carbocycles. The fourth-order valence-electron chi connectivity index (χ4n) is 3.01. The van der Waals surface area contributed by atoms with Crippen LogP contribution in [-0.2, 0) is 0 Å². The van der Waals surface area contributed by atoms with Crippen LogP contribution in [0, 0.1) is 0 Å². The van der Waals surface area contributed by atoms with E-state index in [0.717, 1.165) is 33.4 Å². The number of halogens is 3. The monoisotopic (exact) mass is 408 g/mol. The first-order valence-electron chi connectivity index (χ1n) is 9.60. The van der Waals surface area contributed by atoms with Gasteiger partial charge in [-0.1, -0.05) is 19.9 Å². The van der Waals surface area contributed by atoms with E-state index in [1.807, 2.05) is 32.9 Å². The largest absolute Gasteiger partial charge is 0.391 e. The highest BCUT2D eigenvalue weighted by atomic mass is 19.4. The van der Waals surface area contributed by atoms with Crippen molar-refractivity contribution < 1.29 is 18.3 Å². The molecule has 1 aliphatic rings. The third kappa shape index (κ3) is 5.93. The van der Waals surface area contributed by atoms with Crippen molar-refractivity contribution in [2.24, 2.45) is 0 Å². The van der Waals surface area contributed by atoms with Crippen LogP contribution >= 0.6 is 0 Å². The van der Waals surface area contributed by atoms with Crippen molar-refractivity contribution in [3.05, 3.63) is 48.1 Å². The molecule has 3 rings (SSSR count). The molecule has 0 fully saturated rings. The van der Waals surface area contributed by atoms with Crippen molar-refractivity contribution in [3.63, 3.8) is 0 Å². The second-order valence-electron chi connectivity index (χ2n) is 6.56. The van der Waals surface area contributed by atoms with Gasteiger partial charge in [0.05, 0.1) is 17.8 Å². The maximum Gasteiger partial charge on any atom is 0.389 e. The normalized spacial score (nSPS) is 17.4. The van der Waals surface area contributed by atoms with Gasteiger partial charge in [-0.2, -0.15) is 13.2 Å². The highest BCUT2D eigenvalue weighted by Gasteiger charge is 2.30. The third-order valence-electron chi connectivity index (χ3n) is 4.55. The molecule has 29 heavy (non-hydrogen) atoms. The molecular weight excluding hydrogens is 381 g/mol. The Balaban J connectivity index is 0.00000145. The summed E-state index contributed by atoms with van der Waals surface area (Å²) in [6.45, 7) is 5.85. The van der Waals surface area contributed by atoms with Gasteiger partial charge in [-0.05, 0) is 31.1 Å². The standard InChI is InChI=1S/C19H21F3N4O.C2H6/c1-11-5-16(17(27)3-4-19(20,21)22)25-10-14(11)15-6-12-9-26-18(23-2)7-13(12)8-24-15;1-2/h5-10,16-17,25,27H,3-4H2,1-2H3,(H,23,26);1-2H3. The quantitative estimate of drug-likeness (QED) is 0.671. The van der Waals surface area contributed by atoms with Crippen LogP contribution in [-0.4, -0.2) is 40.4 Å². The summed E-state index contributed by atoms with van der Waals surface area (Å²) in [4.78, 5) is 8.77. The van der Waals surface area contributed by atoms with Gasteiger partial charge in [-0.15, -0.1) is 0 Å². The Morgan fingerprint density at radius 2 is 1.83 bits per heavy atom. The predicted molar refractivity (Wildman–Crippen MR) is 110 cm³/mol. The van der Waals surface area contributed by atoms with Crippen LogP contribution in [0.5, 0.6) is 0 Å². The summed E-state index contributed by atoms with van der Waals surface area (Å²) in [5.74, 6) is 0.752. The summed E-state index contributed by atoms with van der Waals surface area (Å²) in [5.41, 5.74) is 2.40. The molecule has 3 N–H and O–H groups in total. The zero-order chi connectivity index (χ0) is 21.6. The highest BCUT2D eigenvalue weighted by molar-refractivity contribution is 5.88. The molecular formula is C21H27F3N4O. The first kappa shape index (κ1) is 22.7. The lowest BCUT2D eigenvalue weighted by atomic mass is 9.95. The average Bonchev–Trinajstić information content (AvgIpc) is 2.72. The Labute approximate surface area is 168 Å². The van der Waals surface area contributed by atoms with E-state index >= 15 is 0 Å². The van der Waals surface area contributed by atoms with Gasteiger partial charge in [0.1, 0.15) is 5.82 Å². The molecule has 2 aromatic rings. The van der Waals surface area contributed by atoms with E-state index < -0.39 is 24.7 Å². The molecule has 5 nitrogen and oxygen atoms in total. The van der Waals surface area contributed by atoms with Gasteiger partial charge in [-0.25, -0.2) is 4.98 Å². The van der Waals surface area contributed by atoms with Crippen LogP contribution in [0.1, 0.15) is 39.3 Å². The summed E-state index contributed by atoms with van der Waals surface area (Å²) < 4.78 is 37.0. The van der Waals surface area contributed by atoms with Crippen molar-refractivity contribution in [1.29, 1.82) is 0 Å². The molecule has 2 unspecified atom stereocenters. The lowest BCUT2D eigenvalue weighted by Crippen LogP contribution is -2.38. The zero-order valence-electron chi connectivity index (χ0n) is 17.0. The van der Waals surface area contributed by atoms with Crippen LogP contribution in [0.2, 0.25) is 0 Å². The van der Waals surface area contributed by atoms with Crippen molar-refractivity contribution in [2.45, 2.75) is 51.9 Å². The van der Waals surface area contributed by atoms with Gasteiger partial charge in [0.2, 0.25) is 0 Å². The fraction of sp³-hybridized carbons (Fsp3) is 0.429. The predicted octanol–water partition coefficient (Wildman–Crippen LogP) is 4.66. The molecule has 2 aromatic heterocycles. The molecule has 158 valence electrons. The number of allylic oxidation sites excluding steroid dienone is 2. The number of alkyl halides is 3. The SMILES string of the molecule is CC.CNc1cc2cnc(C3=CNC(C(O)CCC(F)(F)F)C=C3C)cc2cn1. The number of aromatic nitrogens is 2. The van der Waals surface area contributed by atoms with Crippen LogP contribution in [0.15, 0.2) is 42.4 Å². The number of aliphatic hydroxyl groups is 1. The fourth-order valence-corrected chi connectivity index (χ4v) is 3.01. The number of nitrogens with one attached hydrogen (secondary N) is 2. The molecule has 0 spiro atoms. The highest BCUT2D eigenvalue weighted by Crippen LogP contribution is 2.29. The molecule has 3 heterocycles. The minimum Gasteiger partial charge on any atom is -0.391 e. The summed E-state index contributed by atoms with van der Waals surface area (Å²) in [7, 11) is 1.79. The first-order valence-corrected chi connectivity index (χ1v) is 9.60. The number of dihydropyridines is 1. The first-order chi connectivity index (χ1) is 13.8. The van der Waals surface area contributed by atoms with Crippen LogP contribution in [0.4, 0.5) is 19.0 Å². The summed E-state index contributed by atoms with van der Waals surface area (Å²) in [5, 5.41) is 17.9. The molecule has 1 aliphatic heterocycles. The number of fused-ring (bicyclic) bond motifs is 1. The number of anilines is 1. The molecule has 0 saturated carbocycles. The van der Waals surface area contributed by atoms with E-state index in [9.17, 15) is 18.3 Å². The van der Waals surface area contributed by atoms with Gasteiger partial charge < -0.3 is 15.7 Å². The van der Waals surface area contributed by atoms with Gasteiger partial charge >= 0.3 is 6.18 Å². The molecule has 0 aliphatic carbocycles. The Hall–Kier alpha value is -2.61. The average molecular weight is 408 g/mol. The number of hydrogen-bond acceptors (Lipinski definition) is 5. The second kappa shape index (κ2) is 9.73. The number of hydrogen-bond donors (Lipinski definition) is 3. The molecule has 0 amide bonds. The molecule has 8 heteroatoms. The topological polar surface area (TPSA) is 70.1 Å². The lowest BCUT2D eigenvalue weighted by molar-refractivity contribution is -0.140. The van der Waals surface area contributed by atoms with Gasteiger partial charge in [0, 0.05) is 48.4 Å². The minimum atomic E-state index is -4.27. The van der Waals surface area contributed by atoms with Crippen LogP contribution in [0.3, 0.4) is 0 Å². The van der Waals surface area contributed by atoms with E-state index in [1.165, 1.54) is 0 Å². The Kier molecular flexibility index (Phi) is 7.61. The molecule has 2 atom stereocenters. The maximum atomic E-state index is 12.3. The Morgan fingerprint density at radius 1 is 1.17 bits per heavy atom. The summed E-state index contributed by atoms with van der Waals surface area (Å²) in [6.07, 6.45) is 0.201. The Bertz CT molecular complexity index is 893. The van der Waals surface area contributed by atoms with Crippen LogP contribution < -0.4 is 10.6 Å². The molecule has 0 radical (unpaired) electrons. The summed E-state index contributed by atoms with van der Waals surface area (Å²) in [6, 6.07) is 3.25. The molecule has 0 saturated heterocycles. The lowest BCUT2D eigenvalue weighted by Gasteiger charge is -2.26. The number of aliphatic hydroxyl groups excluding tert-OH is 1. The third-order valence-corrected chi connectivity index (χ3v) is 4.55. The zero-order valence-corrected chi connectivity index (χ0v) is 17.0. The van der Waals surface area contributed by atoms with Gasteiger partial charge in [0.25, 0.3) is 0 Å². The Morgan fingerprint density at radius 3 is 2.45 bits per heavy atom. The van der Waals surface area contributed by atoms with Crippen molar-refractivity contribution in [1.82, 2.24) is 15.3 Å². The van der Waals surface area contributed by atoms with Gasteiger partial charge in [-0.3, -0.25) is 4.98 Å². The summed E-state index contributed by atoms with van der Waals surface area (Å²) >= 11 is 0. The van der Waals surface area contributed by atoms with Gasteiger partial charge in [0.15, 0.2) is 0 Å². The van der Waals surface area contributed by atoms with E-state index in [2.05, 4.69) is 20.6 Å². The maximum absolute atomic E-state index is 12.3. The van der Waals surface area contributed by atoms with E-state index in [4.69, 9.17) is 0 Å². The number of nitrogens with zero attached hydrogens (tertiary/aromatic N) is 2. The van der Waals surface area contributed by atoms with Crippen molar-refractivity contribution in [3.8, 4) is 0 Å². The number of pyridine rings is 2. The number of rotatable bonds is 5. The molecule has 0 bridgehead atoms. The smallest absolute Gasteiger partial charge is 0.389 e. The van der Waals surface area contributed by atoms with Crippen molar-refractivity contribution >= 4 is 22.2 Å². The van der Waals surface area contributed by atoms with Crippen molar-refractivity contribution in [2.75, 3.05) is 12.4 Å². The minimum absolute atomic E-state index is 0.345. The van der Waals surface area contributed by atoms with E-state index in [-0.39, 0.29) is 6.42 Å². The van der Waals surface area contributed by atoms with E-state index in [1.54, 1.807) is 31.7 Å². The van der Waals surface area contributed by atoms with E-state index in [0.29, 0.717) is 0 Å².